The van der Waals surface area contributed by atoms with Crippen LogP contribution in [-0.2, 0) is 0 Å². The van der Waals surface area contributed by atoms with Gasteiger partial charge in [0.05, 0.1) is 6.04 Å². The summed E-state index contributed by atoms with van der Waals surface area (Å²) in [6.45, 7) is 2.30. The second-order valence-corrected chi connectivity index (χ2v) is 4.79. The van der Waals surface area contributed by atoms with Gasteiger partial charge in [-0.1, -0.05) is 6.92 Å². The van der Waals surface area contributed by atoms with Gasteiger partial charge < -0.3 is 0 Å². The third-order valence-corrected chi connectivity index (χ3v) is 3.74. The van der Waals surface area contributed by atoms with E-state index in [4.69, 9.17) is 0 Å². The summed E-state index contributed by atoms with van der Waals surface area (Å²) < 4.78 is 1.96. The van der Waals surface area contributed by atoms with Crippen molar-refractivity contribution in [1.29, 1.82) is 0 Å². The van der Waals surface area contributed by atoms with Gasteiger partial charge in [0.2, 0.25) is 0 Å². The summed E-state index contributed by atoms with van der Waals surface area (Å²) in [6, 6.07) is 2.31. The first-order valence-electron chi connectivity index (χ1n) is 5.27. The molecule has 1 aromatic heterocycles. The van der Waals surface area contributed by atoms with E-state index in [0.717, 1.165) is 12.1 Å². The monoisotopic (exact) mass is 190 g/mol. The van der Waals surface area contributed by atoms with E-state index in [-0.39, 0.29) is 5.78 Å². The third-order valence-electron chi connectivity index (χ3n) is 3.74. The summed E-state index contributed by atoms with van der Waals surface area (Å²) in [5.74, 6) is 0.253. The van der Waals surface area contributed by atoms with Crippen molar-refractivity contribution in [3.05, 3.63) is 18.0 Å². The zero-order valence-electron chi connectivity index (χ0n) is 8.36. The number of nitrogens with zero attached hydrogens (tertiary/aromatic N) is 2. The van der Waals surface area contributed by atoms with E-state index in [2.05, 4.69) is 12.0 Å². The molecule has 14 heavy (non-hydrogen) atoms. The number of aromatic nitrogens is 2. The molecular weight excluding hydrogens is 176 g/mol. The number of hydrogen-bond donors (Lipinski definition) is 0. The lowest BCUT2D eigenvalue weighted by Crippen LogP contribution is -2.28. The summed E-state index contributed by atoms with van der Waals surface area (Å²) in [6.07, 6.45) is 5.99. The van der Waals surface area contributed by atoms with E-state index in [9.17, 15) is 4.79 Å². The Kier molecular flexibility index (Phi) is 1.45. The van der Waals surface area contributed by atoms with Gasteiger partial charge in [-0.25, -0.2) is 0 Å². The zero-order chi connectivity index (χ0) is 9.76. The zero-order valence-corrected chi connectivity index (χ0v) is 8.36. The quantitative estimate of drug-likeness (QED) is 0.680. The highest BCUT2D eigenvalue weighted by molar-refractivity contribution is 5.95. The first-order chi connectivity index (χ1) is 6.71. The number of hydrogen-bond acceptors (Lipinski definition) is 2. The van der Waals surface area contributed by atoms with Crippen LogP contribution in [0, 0.1) is 5.41 Å². The number of carbonyl (C=O) groups is 1. The number of ketones is 1. The minimum atomic E-state index is 0.253. The summed E-state index contributed by atoms with van der Waals surface area (Å²) in [5.41, 5.74) is 1.23. The normalized spacial score (nSPS) is 28.6. The van der Waals surface area contributed by atoms with E-state index in [0.29, 0.717) is 17.9 Å². The Bertz CT molecular complexity index is 390. The standard InChI is InChI=1S/C11H14N2O/c1-11(5-6-11)10-3-2-9(14)8-4-7-12-13(8)10/h4,7,10H,2-3,5-6H2,1H3. The highest BCUT2D eigenvalue weighted by Gasteiger charge is 2.48. The molecule has 0 N–H and O–H groups in total. The molecule has 0 spiro atoms. The maximum atomic E-state index is 11.6. The SMILES string of the molecule is CC1(C2CCC(=O)c3ccnn32)CC1. The molecule has 1 atom stereocenters. The second-order valence-electron chi connectivity index (χ2n) is 4.79. The molecule has 1 unspecified atom stereocenters. The molecule has 0 saturated heterocycles. The maximum absolute atomic E-state index is 11.6. The lowest BCUT2D eigenvalue weighted by molar-refractivity contribution is 0.0916. The van der Waals surface area contributed by atoms with E-state index < -0.39 is 0 Å². The topological polar surface area (TPSA) is 34.9 Å². The van der Waals surface area contributed by atoms with E-state index in [1.54, 1.807) is 6.20 Å². The molecular formula is C11H14N2O. The molecule has 0 bridgehead atoms. The average Bonchev–Trinajstić information content (AvgIpc) is 2.74. The molecule has 0 aromatic carbocycles. The Balaban J connectivity index is 2.05. The molecule has 1 aliphatic heterocycles. The highest BCUT2D eigenvalue weighted by Crippen LogP contribution is 2.56. The fourth-order valence-corrected chi connectivity index (χ4v) is 2.48. The van der Waals surface area contributed by atoms with Crippen molar-refractivity contribution in [2.75, 3.05) is 0 Å². The van der Waals surface area contributed by atoms with Gasteiger partial charge in [0.25, 0.3) is 0 Å². The van der Waals surface area contributed by atoms with Crippen LogP contribution in [0.15, 0.2) is 12.3 Å². The summed E-state index contributed by atoms with van der Waals surface area (Å²) >= 11 is 0. The molecule has 3 rings (SSSR count). The molecule has 74 valence electrons. The number of Topliss-reactive ketones (excluding diaryl/α,β-unsaturated/α-hetero) is 1. The fourth-order valence-electron chi connectivity index (χ4n) is 2.48. The predicted octanol–water partition coefficient (Wildman–Crippen LogP) is 2.20. The number of rotatable bonds is 1. The lowest BCUT2D eigenvalue weighted by Gasteiger charge is -2.28. The van der Waals surface area contributed by atoms with Gasteiger partial charge >= 0.3 is 0 Å². The third kappa shape index (κ3) is 0.982. The van der Waals surface area contributed by atoms with Crippen LogP contribution in [0.1, 0.15) is 49.1 Å². The van der Waals surface area contributed by atoms with E-state index in [1.165, 1.54) is 12.8 Å². The van der Waals surface area contributed by atoms with Crippen LogP contribution >= 0.6 is 0 Å². The van der Waals surface area contributed by atoms with Crippen LogP contribution in [0.4, 0.5) is 0 Å². The molecule has 3 heteroatoms. The molecule has 0 amide bonds. The summed E-state index contributed by atoms with van der Waals surface area (Å²) in [4.78, 5) is 11.6. The Hall–Kier alpha value is -1.12. The lowest BCUT2D eigenvalue weighted by atomic mass is 9.90. The molecule has 0 radical (unpaired) electrons. The minimum absolute atomic E-state index is 0.253. The minimum Gasteiger partial charge on any atom is -0.292 e. The van der Waals surface area contributed by atoms with Crippen LogP contribution in [-0.4, -0.2) is 15.6 Å². The van der Waals surface area contributed by atoms with E-state index in [1.807, 2.05) is 10.7 Å². The molecule has 1 fully saturated rings. The van der Waals surface area contributed by atoms with Crippen LogP contribution in [0.2, 0.25) is 0 Å². The molecule has 1 aliphatic carbocycles. The van der Waals surface area contributed by atoms with Crippen molar-refractivity contribution >= 4 is 5.78 Å². The molecule has 2 aliphatic rings. The van der Waals surface area contributed by atoms with Gasteiger partial charge in [0, 0.05) is 12.6 Å². The van der Waals surface area contributed by atoms with Gasteiger partial charge in [0.15, 0.2) is 5.78 Å². The van der Waals surface area contributed by atoms with Crippen molar-refractivity contribution < 1.29 is 4.79 Å². The van der Waals surface area contributed by atoms with Crippen LogP contribution in [0.25, 0.3) is 0 Å². The predicted molar refractivity (Wildman–Crippen MR) is 52.2 cm³/mol. The van der Waals surface area contributed by atoms with Crippen LogP contribution < -0.4 is 0 Å². The summed E-state index contributed by atoms with van der Waals surface area (Å²) in [7, 11) is 0. The second kappa shape index (κ2) is 2.47. The number of fused-ring (bicyclic) bond motifs is 1. The Morgan fingerprint density at radius 2 is 2.36 bits per heavy atom. The first kappa shape index (κ1) is 8.21. The maximum Gasteiger partial charge on any atom is 0.180 e. The molecule has 2 heterocycles. The average molecular weight is 190 g/mol. The fraction of sp³-hybridized carbons (Fsp3) is 0.636. The van der Waals surface area contributed by atoms with Crippen LogP contribution in [0.5, 0.6) is 0 Å². The van der Waals surface area contributed by atoms with Crippen molar-refractivity contribution in [2.45, 2.75) is 38.6 Å². The summed E-state index contributed by atoms with van der Waals surface area (Å²) in [5, 5.41) is 4.29. The van der Waals surface area contributed by atoms with Crippen LogP contribution in [0.3, 0.4) is 0 Å². The molecule has 3 nitrogen and oxygen atoms in total. The molecule has 1 aromatic rings. The first-order valence-corrected chi connectivity index (χ1v) is 5.27. The van der Waals surface area contributed by atoms with Gasteiger partial charge in [-0.15, -0.1) is 0 Å². The van der Waals surface area contributed by atoms with Gasteiger partial charge in [-0.3, -0.25) is 9.48 Å². The van der Waals surface area contributed by atoms with Crippen molar-refractivity contribution in [1.82, 2.24) is 9.78 Å². The van der Waals surface area contributed by atoms with E-state index >= 15 is 0 Å². The Morgan fingerprint density at radius 3 is 3.07 bits per heavy atom. The largest absolute Gasteiger partial charge is 0.292 e. The number of carbonyl (C=O) groups excluding carboxylic acids is 1. The Labute approximate surface area is 83.1 Å². The van der Waals surface area contributed by atoms with Gasteiger partial charge in [-0.2, -0.15) is 5.10 Å². The Morgan fingerprint density at radius 1 is 1.57 bits per heavy atom. The van der Waals surface area contributed by atoms with Gasteiger partial charge in [0.1, 0.15) is 5.69 Å². The van der Waals surface area contributed by atoms with Crippen molar-refractivity contribution in [3.8, 4) is 0 Å². The highest BCUT2D eigenvalue weighted by atomic mass is 16.1. The molecule has 1 saturated carbocycles. The van der Waals surface area contributed by atoms with Crippen molar-refractivity contribution in [3.63, 3.8) is 0 Å². The van der Waals surface area contributed by atoms with Crippen molar-refractivity contribution in [2.24, 2.45) is 5.41 Å². The van der Waals surface area contributed by atoms with Gasteiger partial charge in [-0.05, 0) is 30.7 Å². The smallest absolute Gasteiger partial charge is 0.180 e.